The molecule has 0 aliphatic rings. The van der Waals surface area contributed by atoms with Crippen molar-refractivity contribution >= 4 is 30.3 Å². The molecule has 0 radical (unpaired) electrons. The predicted molar refractivity (Wildman–Crippen MR) is 57.6 cm³/mol. The van der Waals surface area contributed by atoms with E-state index < -0.39 is 20.3 Å². The monoisotopic (exact) mass is 289 g/mol. The average molecular weight is 289 g/mol. The summed E-state index contributed by atoms with van der Waals surface area (Å²) in [5, 5.41) is 2.41. The van der Waals surface area contributed by atoms with E-state index in [4.69, 9.17) is 8.19 Å². The number of carbonyl (C=O) groups excluding carboxylic acids is 1. The van der Waals surface area contributed by atoms with Crippen LogP contribution in [0, 0.1) is 0 Å². The van der Waals surface area contributed by atoms with E-state index >= 15 is 0 Å². The minimum atomic E-state index is -4.83. The zero-order valence-corrected chi connectivity index (χ0v) is 10.5. The van der Waals surface area contributed by atoms with Gasteiger partial charge in [-0.2, -0.15) is 0 Å². The molecule has 7 heteroatoms. The maximum atomic E-state index is 11.0. The third-order valence-corrected chi connectivity index (χ3v) is 3.76. The van der Waals surface area contributed by atoms with E-state index in [2.05, 4.69) is 10.1 Å². The molecule has 6 nitrogen and oxygen atoms in total. The summed E-state index contributed by atoms with van der Waals surface area (Å²) in [6.45, 7) is 1.94. The van der Waals surface area contributed by atoms with Crippen molar-refractivity contribution in [1.82, 2.24) is 0 Å². The molecule has 16 heavy (non-hydrogen) atoms. The second-order valence-electron chi connectivity index (χ2n) is 2.94. The van der Waals surface area contributed by atoms with E-state index in [0.29, 0.717) is 5.69 Å². The molecule has 0 saturated carbocycles. The standard InChI is InChI=1S/C9H12AsNO5/c1-2-16-9(12)11-8-5-3-7(4-6-8)10(13,14)15/h3-6H,2H2,1H3,(H,11,12)(H2,13,14,15). The SMILES string of the molecule is CCOC(=O)Nc1ccc([As](=O)(O)O)cc1. The number of amides is 1. The molecule has 1 rings (SSSR count). The van der Waals surface area contributed by atoms with E-state index in [-0.39, 0.29) is 11.0 Å². The third kappa shape index (κ3) is 3.73. The van der Waals surface area contributed by atoms with Crippen LogP contribution in [0.4, 0.5) is 10.5 Å². The second kappa shape index (κ2) is 5.20. The Morgan fingerprint density at radius 1 is 1.38 bits per heavy atom. The first kappa shape index (κ1) is 12.8. The summed E-state index contributed by atoms with van der Waals surface area (Å²) in [5.41, 5.74) is 0.422. The Morgan fingerprint density at radius 2 is 1.94 bits per heavy atom. The van der Waals surface area contributed by atoms with Crippen molar-refractivity contribution in [2.75, 3.05) is 11.9 Å². The zero-order valence-electron chi connectivity index (χ0n) is 8.58. The van der Waals surface area contributed by atoms with E-state index in [0.717, 1.165) is 0 Å². The van der Waals surface area contributed by atoms with Gasteiger partial charge in [-0.3, -0.25) is 0 Å². The third-order valence-electron chi connectivity index (χ3n) is 1.73. The first-order chi connectivity index (χ1) is 7.43. The van der Waals surface area contributed by atoms with Crippen molar-refractivity contribution in [3.05, 3.63) is 24.3 Å². The molecule has 3 N–H and O–H groups in total. The molecule has 0 saturated heterocycles. The van der Waals surface area contributed by atoms with Crippen molar-refractivity contribution in [2.45, 2.75) is 6.92 Å². The van der Waals surface area contributed by atoms with Gasteiger partial charge < -0.3 is 0 Å². The Bertz CT molecular complexity index is 410. The first-order valence-corrected chi connectivity index (χ1v) is 7.91. The Kier molecular flexibility index (Phi) is 4.18. The van der Waals surface area contributed by atoms with Crippen molar-refractivity contribution in [3.8, 4) is 0 Å². The van der Waals surface area contributed by atoms with Crippen LogP contribution in [0.5, 0.6) is 0 Å². The quantitative estimate of drug-likeness (QED) is 0.671. The number of nitrogens with one attached hydrogen (secondary N) is 1. The van der Waals surface area contributed by atoms with Crippen molar-refractivity contribution in [2.24, 2.45) is 0 Å². The number of hydrogen-bond donors (Lipinski definition) is 3. The van der Waals surface area contributed by atoms with Crippen LogP contribution in [-0.4, -0.2) is 35.1 Å². The van der Waals surface area contributed by atoms with Crippen LogP contribution in [0.25, 0.3) is 0 Å². The van der Waals surface area contributed by atoms with Gasteiger partial charge in [-0.1, -0.05) is 0 Å². The molecule has 0 aliphatic carbocycles. The number of anilines is 1. The van der Waals surface area contributed by atoms with E-state index in [9.17, 15) is 8.53 Å². The fraction of sp³-hybridized carbons (Fsp3) is 0.222. The van der Waals surface area contributed by atoms with Gasteiger partial charge >= 0.3 is 94.9 Å². The van der Waals surface area contributed by atoms with E-state index in [1.165, 1.54) is 24.3 Å². The molecule has 0 aromatic heterocycles. The number of ether oxygens (including phenoxy) is 1. The van der Waals surface area contributed by atoms with Crippen LogP contribution in [0.3, 0.4) is 0 Å². The minimum absolute atomic E-state index is 0.0347. The Balaban J connectivity index is 2.72. The van der Waals surface area contributed by atoms with Crippen molar-refractivity contribution in [1.29, 1.82) is 0 Å². The van der Waals surface area contributed by atoms with Gasteiger partial charge in [0.1, 0.15) is 0 Å². The van der Waals surface area contributed by atoms with Gasteiger partial charge in [0.15, 0.2) is 0 Å². The van der Waals surface area contributed by atoms with E-state index in [1.807, 2.05) is 0 Å². The molecule has 0 bridgehead atoms. The molecular formula is C9H12AsNO5. The second-order valence-corrected chi connectivity index (χ2v) is 6.30. The van der Waals surface area contributed by atoms with Gasteiger partial charge in [-0.25, -0.2) is 0 Å². The molecule has 1 aromatic rings. The summed E-state index contributed by atoms with van der Waals surface area (Å²) in [6, 6.07) is 5.38. The molecular weight excluding hydrogens is 277 g/mol. The van der Waals surface area contributed by atoms with Gasteiger partial charge in [-0.15, -0.1) is 0 Å². The fourth-order valence-corrected chi connectivity index (χ4v) is 2.15. The summed E-state index contributed by atoms with van der Waals surface area (Å²) < 4.78 is 33.3. The Hall–Kier alpha value is -1.23. The van der Waals surface area contributed by atoms with Crippen LogP contribution < -0.4 is 9.67 Å². The zero-order chi connectivity index (χ0) is 12.2. The molecule has 0 fully saturated rings. The normalized spacial score (nSPS) is 10.9. The number of hydrogen-bond acceptors (Lipinski definition) is 3. The molecule has 0 heterocycles. The molecule has 1 aromatic carbocycles. The van der Waals surface area contributed by atoms with Crippen LogP contribution >= 0.6 is 0 Å². The van der Waals surface area contributed by atoms with Gasteiger partial charge in [0.05, 0.1) is 0 Å². The summed E-state index contributed by atoms with van der Waals surface area (Å²) >= 11 is -4.83. The molecule has 1 amide bonds. The van der Waals surface area contributed by atoms with Crippen molar-refractivity contribution < 1.29 is 21.5 Å². The average Bonchev–Trinajstić information content (AvgIpc) is 2.17. The molecule has 0 aliphatic heterocycles. The molecule has 0 unspecified atom stereocenters. The van der Waals surface area contributed by atoms with Gasteiger partial charge in [-0.05, 0) is 0 Å². The van der Waals surface area contributed by atoms with Gasteiger partial charge in [0.2, 0.25) is 0 Å². The van der Waals surface area contributed by atoms with Crippen LogP contribution in [0.2, 0.25) is 0 Å². The molecule has 88 valence electrons. The number of benzene rings is 1. The number of carbonyl (C=O) groups is 1. The Labute approximate surface area is 95.2 Å². The van der Waals surface area contributed by atoms with Crippen LogP contribution in [-0.2, 0) is 8.48 Å². The fourth-order valence-electron chi connectivity index (χ4n) is 1.02. The summed E-state index contributed by atoms with van der Waals surface area (Å²) in [6.07, 6.45) is -0.600. The van der Waals surface area contributed by atoms with E-state index in [1.54, 1.807) is 6.92 Å². The Morgan fingerprint density at radius 3 is 2.38 bits per heavy atom. The summed E-state index contributed by atoms with van der Waals surface area (Å²) in [7, 11) is 0. The number of rotatable bonds is 3. The van der Waals surface area contributed by atoms with Crippen LogP contribution in [0.1, 0.15) is 6.92 Å². The molecule has 0 spiro atoms. The first-order valence-electron chi connectivity index (χ1n) is 4.53. The summed E-state index contributed by atoms with van der Waals surface area (Å²) in [4.78, 5) is 11.0. The van der Waals surface area contributed by atoms with Gasteiger partial charge in [0.25, 0.3) is 0 Å². The summed E-state index contributed by atoms with van der Waals surface area (Å²) in [5.74, 6) is 0. The van der Waals surface area contributed by atoms with Crippen molar-refractivity contribution in [3.63, 3.8) is 0 Å². The topological polar surface area (TPSA) is 95.9 Å². The predicted octanol–water partition coefficient (Wildman–Crippen LogP) is -0.184. The van der Waals surface area contributed by atoms with Gasteiger partial charge in [0, 0.05) is 0 Å². The van der Waals surface area contributed by atoms with Crippen LogP contribution in [0.15, 0.2) is 24.3 Å². The maximum absolute atomic E-state index is 11.0. The molecule has 0 atom stereocenters.